The van der Waals surface area contributed by atoms with E-state index in [1.165, 1.54) is 0 Å². The zero-order chi connectivity index (χ0) is 22.4. The first-order valence-corrected chi connectivity index (χ1v) is 11.3. The Morgan fingerprint density at radius 3 is 2.48 bits per heavy atom. The number of benzene rings is 2. The molecular formula is C25H30ClNO4. The summed E-state index contributed by atoms with van der Waals surface area (Å²) in [5.41, 5.74) is 1.02. The number of amides is 1. The molecule has 0 aromatic heterocycles. The first kappa shape index (κ1) is 23.1. The average Bonchev–Trinajstić information content (AvgIpc) is 3.26. The Kier molecular flexibility index (Phi) is 7.60. The first-order chi connectivity index (χ1) is 14.9. The molecule has 1 saturated carbocycles. The van der Waals surface area contributed by atoms with Crippen molar-refractivity contribution in [1.82, 2.24) is 0 Å². The highest BCUT2D eigenvalue weighted by Crippen LogP contribution is 2.44. The minimum atomic E-state index is -0.672. The lowest BCUT2D eigenvalue weighted by molar-refractivity contribution is -0.121. The molecule has 166 valence electrons. The third kappa shape index (κ3) is 5.04. The summed E-state index contributed by atoms with van der Waals surface area (Å²) in [7, 11) is 0. The molecule has 1 fully saturated rings. The summed E-state index contributed by atoms with van der Waals surface area (Å²) in [5.74, 6) is -0.130. The molecule has 2 aromatic carbocycles. The van der Waals surface area contributed by atoms with Crippen LogP contribution >= 0.6 is 11.6 Å². The minimum Gasteiger partial charge on any atom is -0.490 e. The second-order valence-electron chi connectivity index (χ2n) is 7.99. The maximum atomic E-state index is 13.5. The summed E-state index contributed by atoms with van der Waals surface area (Å²) in [6.07, 6.45) is 4.17. The van der Waals surface area contributed by atoms with Crippen molar-refractivity contribution in [3.05, 3.63) is 58.6 Å². The lowest BCUT2D eigenvalue weighted by Crippen LogP contribution is -2.38. The van der Waals surface area contributed by atoms with Crippen LogP contribution in [0.2, 0.25) is 5.02 Å². The van der Waals surface area contributed by atoms with Crippen LogP contribution in [0.4, 0.5) is 5.69 Å². The Hall–Kier alpha value is -2.53. The molecular weight excluding hydrogens is 414 g/mol. The summed E-state index contributed by atoms with van der Waals surface area (Å²) >= 11 is 6.47. The molecule has 31 heavy (non-hydrogen) atoms. The van der Waals surface area contributed by atoms with Crippen molar-refractivity contribution in [2.75, 3.05) is 11.9 Å². The molecule has 1 amide bonds. The van der Waals surface area contributed by atoms with Crippen LogP contribution in [0.5, 0.6) is 5.75 Å². The molecule has 0 spiro atoms. The Labute approximate surface area is 189 Å². The van der Waals surface area contributed by atoms with E-state index in [1.54, 1.807) is 25.1 Å². The van der Waals surface area contributed by atoms with Crippen molar-refractivity contribution in [1.29, 1.82) is 0 Å². The van der Waals surface area contributed by atoms with Crippen molar-refractivity contribution in [2.24, 2.45) is 0 Å². The van der Waals surface area contributed by atoms with Crippen LogP contribution in [0.1, 0.15) is 68.8 Å². The SMILES string of the molecule is CCOC(=O)c1cc(NC(=O)C2(c3ccccc3Cl)CCCC2)ccc1OC(C)CC. The second kappa shape index (κ2) is 10.2. The van der Waals surface area contributed by atoms with Crippen LogP contribution in [-0.4, -0.2) is 24.6 Å². The lowest BCUT2D eigenvalue weighted by atomic mass is 9.78. The number of halogens is 1. The van der Waals surface area contributed by atoms with E-state index in [4.69, 9.17) is 21.1 Å². The molecule has 6 heteroatoms. The number of ether oxygens (including phenoxy) is 2. The van der Waals surface area contributed by atoms with Crippen LogP contribution in [-0.2, 0) is 14.9 Å². The highest BCUT2D eigenvalue weighted by molar-refractivity contribution is 6.32. The number of carbonyl (C=O) groups is 2. The first-order valence-electron chi connectivity index (χ1n) is 11.0. The second-order valence-corrected chi connectivity index (χ2v) is 8.40. The van der Waals surface area contributed by atoms with Crippen LogP contribution in [0.3, 0.4) is 0 Å². The number of carbonyl (C=O) groups excluding carboxylic acids is 2. The predicted octanol–water partition coefficient (Wildman–Crippen LogP) is 6.14. The Morgan fingerprint density at radius 1 is 1.13 bits per heavy atom. The molecule has 0 radical (unpaired) electrons. The number of rotatable bonds is 8. The molecule has 1 aliphatic carbocycles. The van der Waals surface area contributed by atoms with Gasteiger partial charge >= 0.3 is 5.97 Å². The van der Waals surface area contributed by atoms with Gasteiger partial charge in [0.2, 0.25) is 5.91 Å². The average molecular weight is 444 g/mol. The van der Waals surface area contributed by atoms with Crippen molar-refractivity contribution >= 4 is 29.2 Å². The highest BCUT2D eigenvalue weighted by atomic mass is 35.5. The van der Waals surface area contributed by atoms with E-state index < -0.39 is 11.4 Å². The van der Waals surface area contributed by atoms with Crippen molar-refractivity contribution in [3.63, 3.8) is 0 Å². The fourth-order valence-electron chi connectivity index (χ4n) is 4.08. The number of anilines is 1. The topological polar surface area (TPSA) is 64.6 Å². The van der Waals surface area contributed by atoms with Crippen molar-refractivity contribution in [3.8, 4) is 5.75 Å². The molecule has 2 aromatic rings. The van der Waals surface area contributed by atoms with Gasteiger partial charge < -0.3 is 14.8 Å². The molecule has 3 rings (SSSR count). The lowest BCUT2D eigenvalue weighted by Gasteiger charge is -2.29. The number of nitrogens with one attached hydrogen (secondary N) is 1. The molecule has 0 bridgehead atoms. The fourth-order valence-corrected chi connectivity index (χ4v) is 4.39. The van der Waals surface area contributed by atoms with Gasteiger partial charge in [0.25, 0.3) is 0 Å². The van der Waals surface area contributed by atoms with E-state index in [-0.39, 0.29) is 18.6 Å². The summed E-state index contributed by atoms with van der Waals surface area (Å²) in [5, 5.41) is 3.62. The number of esters is 1. The molecule has 0 aliphatic heterocycles. The van der Waals surface area contributed by atoms with Crippen LogP contribution in [0.25, 0.3) is 0 Å². The maximum Gasteiger partial charge on any atom is 0.341 e. The number of hydrogen-bond donors (Lipinski definition) is 1. The van der Waals surface area contributed by atoms with Gasteiger partial charge in [-0.15, -0.1) is 0 Å². The predicted molar refractivity (Wildman–Crippen MR) is 123 cm³/mol. The molecule has 0 saturated heterocycles. The molecule has 5 nitrogen and oxygen atoms in total. The summed E-state index contributed by atoms with van der Waals surface area (Å²) in [4.78, 5) is 26.0. The smallest absolute Gasteiger partial charge is 0.341 e. The van der Waals surface area contributed by atoms with Crippen LogP contribution < -0.4 is 10.1 Å². The van der Waals surface area contributed by atoms with E-state index in [1.807, 2.05) is 38.1 Å². The largest absolute Gasteiger partial charge is 0.490 e. The van der Waals surface area contributed by atoms with Gasteiger partial charge in [0.15, 0.2) is 0 Å². The molecule has 0 heterocycles. The summed E-state index contributed by atoms with van der Waals surface area (Å²) in [6, 6.07) is 12.6. The highest BCUT2D eigenvalue weighted by Gasteiger charge is 2.44. The molecule has 1 N–H and O–H groups in total. The van der Waals surface area contributed by atoms with E-state index in [2.05, 4.69) is 5.32 Å². The van der Waals surface area contributed by atoms with Gasteiger partial charge in [-0.2, -0.15) is 0 Å². The van der Waals surface area contributed by atoms with Gasteiger partial charge in [-0.25, -0.2) is 4.79 Å². The van der Waals surface area contributed by atoms with E-state index in [9.17, 15) is 9.59 Å². The minimum absolute atomic E-state index is 0.0457. The normalized spacial score (nSPS) is 15.9. The standard InChI is InChI=1S/C25H30ClNO4/c1-4-17(3)31-22-13-12-18(16-19(22)23(28)30-5-2)27-24(29)25(14-8-9-15-25)20-10-6-7-11-21(20)26/h6-7,10-13,16-17H,4-5,8-9,14-15H2,1-3H3,(H,27,29). The number of hydrogen-bond acceptors (Lipinski definition) is 4. The monoisotopic (exact) mass is 443 g/mol. The molecule has 1 aliphatic rings. The maximum absolute atomic E-state index is 13.5. The van der Waals surface area contributed by atoms with E-state index in [0.717, 1.165) is 37.7 Å². The van der Waals surface area contributed by atoms with Gasteiger partial charge in [0.1, 0.15) is 11.3 Å². The Balaban J connectivity index is 1.92. The van der Waals surface area contributed by atoms with E-state index >= 15 is 0 Å². The van der Waals surface area contributed by atoms with Gasteiger partial charge in [0.05, 0.1) is 18.1 Å². The van der Waals surface area contributed by atoms with Gasteiger partial charge in [-0.1, -0.05) is 49.6 Å². The summed E-state index contributed by atoms with van der Waals surface area (Å²) in [6.45, 7) is 5.97. The van der Waals surface area contributed by atoms with Gasteiger partial charge in [-0.3, -0.25) is 4.79 Å². The quantitative estimate of drug-likeness (QED) is 0.497. The molecule has 1 atom stereocenters. The Bertz CT molecular complexity index is 937. The zero-order valence-corrected chi connectivity index (χ0v) is 19.1. The van der Waals surface area contributed by atoms with Crippen molar-refractivity contribution < 1.29 is 19.1 Å². The zero-order valence-electron chi connectivity index (χ0n) is 18.4. The van der Waals surface area contributed by atoms with Crippen LogP contribution in [0, 0.1) is 0 Å². The third-order valence-electron chi connectivity index (χ3n) is 5.92. The third-order valence-corrected chi connectivity index (χ3v) is 6.25. The summed E-state index contributed by atoms with van der Waals surface area (Å²) < 4.78 is 11.1. The molecule has 1 unspecified atom stereocenters. The van der Waals surface area contributed by atoms with Crippen molar-refractivity contribution in [2.45, 2.75) is 64.4 Å². The van der Waals surface area contributed by atoms with E-state index in [0.29, 0.717) is 22.0 Å². The van der Waals surface area contributed by atoms with Crippen LogP contribution in [0.15, 0.2) is 42.5 Å². The Morgan fingerprint density at radius 2 is 1.84 bits per heavy atom. The fraction of sp³-hybridized carbons (Fsp3) is 0.440. The van der Waals surface area contributed by atoms with Gasteiger partial charge in [-0.05, 0) is 62.9 Å². The van der Waals surface area contributed by atoms with Gasteiger partial charge in [0, 0.05) is 10.7 Å².